The third-order valence-corrected chi connectivity index (χ3v) is 5.08. The molecule has 1 amide bonds. The summed E-state index contributed by atoms with van der Waals surface area (Å²) >= 11 is 14.8. The summed E-state index contributed by atoms with van der Waals surface area (Å²) in [6, 6.07) is 5.48. The minimum atomic E-state index is -0.118. The second-order valence-corrected chi connectivity index (χ2v) is 6.93. The Bertz CT molecular complexity index is 634. The van der Waals surface area contributed by atoms with Crippen molar-refractivity contribution in [1.29, 1.82) is 0 Å². The van der Waals surface area contributed by atoms with Crippen molar-refractivity contribution in [3.05, 3.63) is 44.4 Å². The van der Waals surface area contributed by atoms with Crippen LogP contribution in [0.5, 0.6) is 0 Å². The van der Waals surface area contributed by atoms with Gasteiger partial charge in [-0.3, -0.25) is 4.79 Å². The molecule has 0 unspecified atom stereocenters. The van der Waals surface area contributed by atoms with E-state index < -0.39 is 0 Å². The number of aromatic nitrogens is 2. The highest BCUT2D eigenvalue weighted by Gasteiger charge is 2.12. The highest BCUT2D eigenvalue weighted by Crippen LogP contribution is 2.24. The minimum Gasteiger partial charge on any atom is -0.350 e. The molecule has 8 heteroatoms. The van der Waals surface area contributed by atoms with Crippen LogP contribution in [0.1, 0.15) is 20.9 Å². The molecule has 0 aliphatic rings. The molecule has 112 valence electrons. The highest BCUT2D eigenvalue weighted by atomic mass is 35.5. The molecular formula is C13H13Cl2N3OS2. The molecule has 0 aliphatic heterocycles. The average molecular weight is 362 g/mol. The molecule has 0 saturated heterocycles. The van der Waals surface area contributed by atoms with Crippen molar-refractivity contribution in [2.75, 3.05) is 12.3 Å². The lowest BCUT2D eigenvalue weighted by atomic mass is 10.2. The van der Waals surface area contributed by atoms with E-state index in [2.05, 4.69) is 14.9 Å². The maximum atomic E-state index is 11.8. The summed E-state index contributed by atoms with van der Waals surface area (Å²) in [5.41, 5.74) is 1.71. The van der Waals surface area contributed by atoms with Crippen LogP contribution >= 0.6 is 46.5 Å². The van der Waals surface area contributed by atoms with E-state index in [1.807, 2.05) is 12.1 Å². The number of rotatable bonds is 6. The Morgan fingerprint density at radius 2 is 2.24 bits per heavy atom. The highest BCUT2D eigenvalue weighted by molar-refractivity contribution is 7.98. The van der Waals surface area contributed by atoms with Crippen molar-refractivity contribution in [2.24, 2.45) is 0 Å². The van der Waals surface area contributed by atoms with Crippen molar-refractivity contribution >= 4 is 52.4 Å². The van der Waals surface area contributed by atoms with E-state index in [4.69, 9.17) is 23.2 Å². The zero-order valence-corrected chi connectivity index (χ0v) is 14.4. The van der Waals surface area contributed by atoms with Crippen molar-refractivity contribution < 1.29 is 4.79 Å². The second kappa shape index (κ2) is 7.98. The molecule has 4 nitrogen and oxygen atoms in total. The number of hydrogen-bond acceptors (Lipinski definition) is 5. The Hall–Kier alpha value is -0.820. The Morgan fingerprint density at radius 1 is 1.43 bits per heavy atom. The second-order valence-electron chi connectivity index (χ2n) is 4.23. The molecule has 1 aromatic carbocycles. The first-order valence-corrected chi connectivity index (χ1v) is 8.85. The molecule has 1 aromatic heterocycles. The predicted molar refractivity (Wildman–Crippen MR) is 89.6 cm³/mol. The molecule has 2 rings (SSSR count). The molecule has 0 radical (unpaired) electrons. The van der Waals surface area contributed by atoms with Crippen LogP contribution < -0.4 is 5.32 Å². The molecule has 21 heavy (non-hydrogen) atoms. The normalized spacial score (nSPS) is 10.6. The van der Waals surface area contributed by atoms with Gasteiger partial charge in [-0.2, -0.15) is 11.8 Å². The van der Waals surface area contributed by atoms with Gasteiger partial charge in [0.1, 0.15) is 4.88 Å². The molecular weight excluding hydrogens is 349 g/mol. The number of aryl methyl sites for hydroxylation is 1. The van der Waals surface area contributed by atoms with E-state index in [-0.39, 0.29) is 5.91 Å². The Morgan fingerprint density at radius 3 is 2.90 bits per heavy atom. The number of benzene rings is 1. The zero-order valence-electron chi connectivity index (χ0n) is 11.2. The Balaban J connectivity index is 1.71. The molecule has 0 bridgehead atoms. The minimum absolute atomic E-state index is 0.118. The van der Waals surface area contributed by atoms with Gasteiger partial charge in [0.05, 0.1) is 5.69 Å². The van der Waals surface area contributed by atoms with Gasteiger partial charge in [-0.25, -0.2) is 0 Å². The fourth-order valence-electron chi connectivity index (χ4n) is 1.58. The third kappa shape index (κ3) is 4.85. The van der Waals surface area contributed by atoms with E-state index in [0.717, 1.165) is 28.6 Å². The summed E-state index contributed by atoms with van der Waals surface area (Å²) in [5.74, 6) is 1.47. The number of amides is 1. The molecule has 0 saturated carbocycles. The van der Waals surface area contributed by atoms with Gasteiger partial charge < -0.3 is 5.32 Å². The summed E-state index contributed by atoms with van der Waals surface area (Å²) < 4.78 is 3.74. The number of hydrogen-bond donors (Lipinski definition) is 1. The summed E-state index contributed by atoms with van der Waals surface area (Å²) in [4.78, 5) is 12.4. The standard InChI is InChI=1S/C13H13Cl2N3OS2/c1-8-12(21-18-17-8)13(19)16-4-5-20-7-9-2-3-10(14)6-11(9)15/h2-3,6H,4-5,7H2,1H3,(H,16,19). The zero-order chi connectivity index (χ0) is 15.2. The van der Waals surface area contributed by atoms with Crippen LogP contribution in [-0.2, 0) is 5.75 Å². The molecule has 0 spiro atoms. The van der Waals surface area contributed by atoms with Crippen LogP contribution in [0.2, 0.25) is 10.0 Å². The van der Waals surface area contributed by atoms with Gasteiger partial charge in [0.15, 0.2) is 0 Å². The lowest BCUT2D eigenvalue weighted by Gasteiger charge is -2.06. The van der Waals surface area contributed by atoms with Gasteiger partial charge in [0.2, 0.25) is 0 Å². The summed E-state index contributed by atoms with van der Waals surface area (Å²) in [5, 5.41) is 7.97. The molecule has 0 atom stereocenters. The molecule has 1 N–H and O–H groups in total. The first kappa shape index (κ1) is 16.5. The van der Waals surface area contributed by atoms with Crippen LogP contribution in [0.3, 0.4) is 0 Å². The van der Waals surface area contributed by atoms with Crippen molar-refractivity contribution in [1.82, 2.24) is 14.9 Å². The fourth-order valence-corrected chi connectivity index (χ4v) is 3.57. The number of nitrogens with zero attached hydrogens (tertiary/aromatic N) is 2. The van der Waals surface area contributed by atoms with Gasteiger partial charge in [-0.05, 0) is 36.2 Å². The van der Waals surface area contributed by atoms with Gasteiger partial charge in [-0.15, -0.1) is 5.10 Å². The lowest BCUT2D eigenvalue weighted by molar-refractivity contribution is 0.0959. The Labute approximate surface area is 141 Å². The smallest absolute Gasteiger partial charge is 0.264 e. The largest absolute Gasteiger partial charge is 0.350 e. The summed E-state index contributed by atoms with van der Waals surface area (Å²) in [6.07, 6.45) is 0. The maximum absolute atomic E-state index is 11.8. The first-order valence-electron chi connectivity index (χ1n) is 6.16. The van der Waals surface area contributed by atoms with Gasteiger partial charge >= 0.3 is 0 Å². The number of thioether (sulfide) groups is 1. The summed E-state index contributed by atoms with van der Waals surface area (Å²) in [7, 11) is 0. The van der Waals surface area contributed by atoms with Gasteiger partial charge in [0, 0.05) is 28.1 Å². The predicted octanol–water partition coefficient (Wildman–Crippen LogP) is 3.82. The molecule has 0 fully saturated rings. The molecule has 2 aromatic rings. The van der Waals surface area contributed by atoms with E-state index >= 15 is 0 Å². The van der Waals surface area contributed by atoms with Crippen LogP contribution in [-0.4, -0.2) is 27.8 Å². The van der Waals surface area contributed by atoms with Crippen LogP contribution in [0.25, 0.3) is 0 Å². The fraction of sp³-hybridized carbons (Fsp3) is 0.308. The number of carbonyl (C=O) groups is 1. The first-order chi connectivity index (χ1) is 10.1. The van der Waals surface area contributed by atoms with E-state index in [1.54, 1.807) is 24.8 Å². The quantitative estimate of drug-likeness (QED) is 0.794. The lowest BCUT2D eigenvalue weighted by Crippen LogP contribution is -2.25. The van der Waals surface area contributed by atoms with Crippen LogP contribution in [0, 0.1) is 6.92 Å². The number of halogens is 2. The Kier molecular flexibility index (Phi) is 6.29. The van der Waals surface area contributed by atoms with E-state index in [1.165, 1.54) is 0 Å². The SMILES string of the molecule is Cc1nnsc1C(=O)NCCSCc1ccc(Cl)cc1Cl. The van der Waals surface area contributed by atoms with Gasteiger partial charge in [-0.1, -0.05) is 33.8 Å². The maximum Gasteiger partial charge on any atom is 0.264 e. The van der Waals surface area contributed by atoms with Crippen molar-refractivity contribution in [2.45, 2.75) is 12.7 Å². The number of carbonyl (C=O) groups excluding carboxylic acids is 1. The average Bonchev–Trinajstić information content (AvgIpc) is 2.86. The van der Waals surface area contributed by atoms with Crippen LogP contribution in [0.15, 0.2) is 18.2 Å². The van der Waals surface area contributed by atoms with E-state index in [9.17, 15) is 4.79 Å². The topological polar surface area (TPSA) is 54.9 Å². The van der Waals surface area contributed by atoms with E-state index in [0.29, 0.717) is 27.2 Å². The van der Waals surface area contributed by atoms with Crippen molar-refractivity contribution in [3.8, 4) is 0 Å². The monoisotopic (exact) mass is 361 g/mol. The third-order valence-electron chi connectivity index (χ3n) is 2.66. The number of nitrogens with one attached hydrogen (secondary N) is 1. The van der Waals surface area contributed by atoms with Crippen molar-refractivity contribution in [3.63, 3.8) is 0 Å². The van der Waals surface area contributed by atoms with Crippen LogP contribution in [0.4, 0.5) is 0 Å². The summed E-state index contributed by atoms with van der Waals surface area (Å²) in [6.45, 7) is 2.36. The molecule has 1 heterocycles. The van der Waals surface area contributed by atoms with Gasteiger partial charge in [0.25, 0.3) is 5.91 Å². The molecule has 0 aliphatic carbocycles.